The third-order valence-corrected chi connectivity index (χ3v) is 7.42. The number of halogens is 3. The summed E-state index contributed by atoms with van der Waals surface area (Å²) in [6.45, 7) is 0.257. The minimum absolute atomic E-state index is 0.256. The second-order valence-corrected chi connectivity index (χ2v) is 11.2. The molecule has 0 N–H and O–H groups in total. The van der Waals surface area contributed by atoms with Gasteiger partial charge in [-0.15, -0.1) is 0 Å². The number of anilines is 1. The monoisotopic (exact) mass is 547 g/mol. The van der Waals surface area contributed by atoms with Gasteiger partial charge in [-0.3, -0.25) is 14.2 Å². The SMILES string of the molecule is COc1cc(N(C)C)ccc1[C@@]12C=CC(=O)n3c1c(c1cccc(OC)c13)CCN2C(=O)C(Cl)(Cl)Cl. The van der Waals surface area contributed by atoms with Crippen LogP contribution in [0.5, 0.6) is 11.5 Å². The van der Waals surface area contributed by atoms with Crippen LogP contribution in [-0.2, 0) is 16.8 Å². The first-order valence-electron chi connectivity index (χ1n) is 11.2. The number of ether oxygens (including phenoxy) is 2. The number of hydrogen-bond acceptors (Lipinski definition) is 5. The third kappa shape index (κ3) is 3.40. The van der Waals surface area contributed by atoms with Crippen molar-refractivity contribution < 1.29 is 19.1 Å². The number of nitrogens with zero attached hydrogens (tertiary/aromatic N) is 3. The predicted molar refractivity (Wildman–Crippen MR) is 142 cm³/mol. The third-order valence-electron chi connectivity index (χ3n) is 6.94. The maximum absolute atomic E-state index is 13.6. The molecule has 0 bridgehead atoms. The zero-order valence-electron chi connectivity index (χ0n) is 20.1. The largest absolute Gasteiger partial charge is 0.496 e. The Labute approximate surface area is 223 Å². The quantitative estimate of drug-likeness (QED) is 0.433. The van der Waals surface area contributed by atoms with Crippen LogP contribution in [0.4, 0.5) is 5.69 Å². The van der Waals surface area contributed by atoms with Gasteiger partial charge in [-0.2, -0.15) is 0 Å². The van der Waals surface area contributed by atoms with E-state index in [1.54, 1.807) is 30.9 Å². The first kappa shape index (κ1) is 24.8. The van der Waals surface area contributed by atoms with Crippen LogP contribution >= 0.6 is 34.8 Å². The number of amides is 1. The summed E-state index contributed by atoms with van der Waals surface area (Å²) in [4.78, 5) is 30.5. The standard InChI is InChI=1S/C26H24Cl3N3O4/c1-30(2)15-8-9-18(20(14-15)36-4)25-12-10-21(33)32-22-16(6-5-7-19(22)35-3)17(23(25)32)11-13-31(25)24(34)26(27,28)29/h5-10,12,14H,11,13H2,1-4H3/t25-/m0/s1. The van der Waals surface area contributed by atoms with E-state index in [-0.39, 0.29) is 12.5 Å². The molecule has 0 spiro atoms. The van der Waals surface area contributed by atoms with Gasteiger partial charge in [-0.05, 0) is 30.2 Å². The first-order valence-corrected chi connectivity index (χ1v) is 12.4. The van der Waals surface area contributed by atoms with Crippen LogP contribution in [0.25, 0.3) is 10.9 Å². The van der Waals surface area contributed by atoms with Gasteiger partial charge in [0.05, 0.1) is 25.4 Å². The highest BCUT2D eigenvalue weighted by Crippen LogP contribution is 2.53. The van der Waals surface area contributed by atoms with Gasteiger partial charge in [0.1, 0.15) is 17.0 Å². The van der Waals surface area contributed by atoms with Crippen molar-refractivity contribution in [1.82, 2.24) is 9.47 Å². The predicted octanol–water partition coefficient (Wildman–Crippen LogP) is 4.93. The molecular formula is C26H24Cl3N3O4. The van der Waals surface area contributed by atoms with Crippen molar-refractivity contribution in [3.8, 4) is 11.5 Å². The normalized spacial score (nSPS) is 18.9. The Morgan fingerprint density at radius 1 is 1.08 bits per heavy atom. The van der Waals surface area contributed by atoms with E-state index in [0.717, 1.165) is 16.6 Å². The van der Waals surface area contributed by atoms with Gasteiger partial charge in [0, 0.05) is 49.4 Å². The lowest BCUT2D eigenvalue weighted by atomic mass is 9.76. The average Bonchev–Trinajstić information content (AvgIpc) is 3.21. The minimum Gasteiger partial charge on any atom is -0.496 e. The second kappa shape index (κ2) is 8.61. The average molecular weight is 549 g/mol. The molecular weight excluding hydrogens is 525 g/mol. The maximum atomic E-state index is 13.6. The summed E-state index contributed by atoms with van der Waals surface area (Å²) < 4.78 is 10.9. The molecule has 3 heterocycles. The lowest BCUT2D eigenvalue weighted by Crippen LogP contribution is -2.58. The summed E-state index contributed by atoms with van der Waals surface area (Å²) in [7, 11) is 6.98. The number of allylic oxidation sites excluding steroid dienone is 1. The van der Waals surface area contributed by atoms with Crippen LogP contribution in [-0.4, -0.2) is 59.9 Å². The number of benzene rings is 2. The molecule has 0 unspecified atom stereocenters. The number of aromatic nitrogens is 1. The Bertz CT molecular complexity index is 1440. The molecule has 0 radical (unpaired) electrons. The highest BCUT2D eigenvalue weighted by molar-refractivity contribution is 6.76. The summed E-state index contributed by atoms with van der Waals surface area (Å²) >= 11 is 18.5. The fourth-order valence-electron chi connectivity index (χ4n) is 5.42. The van der Waals surface area contributed by atoms with Gasteiger partial charge in [0.15, 0.2) is 0 Å². The Morgan fingerprint density at radius 3 is 2.44 bits per heavy atom. The lowest BCUT2D eigenvalue weighted by molar-refractivity contribution is -0.134. The molecule has 1 atom stereocenters. The smallest absolute Gasteiger partial charge is 0.276 e. The molecule has 5 rings (SSSR count). The number of carbonyl (C=O) groups excluding carboxylic acids is 2. The number of methoxy groups -OCH3 is 2. The molecule has 10 heteroatoms. The van der Waals surface area contributed by atoms with E-state index in [1.807, 2.05) is 49.3 Å². The highest BCUT2D eigenvalue weighted by atomic mass is 35.6. The fraction of sp³-hybridized carbons (Fsp3) is 0.308. The maximum Gasteiger partial charge on any atom is 0.276 e. The van der Waals surface area contributed by atoms with Crippen LogP contribution < -0.4 is 14.4 Å². The number of fused-ring (bicyclic) bond motifs is 3. The molecule has 188 valence electrons. The van der Waals surface area contributed by atoms with Gasteiger partial charge in [-0.1, -0.05) is 53.0 Å². The van der Waals surface area contributed by atoms with E-state index in [1.165, 1.54) is 11.0 Å². The molecule has 3 aromatic rings. The summed E-state index contributed by atoms with van der Waals surface area (Å²) in [6.07, 6.45) is 3.62. The second-order valence-electron chi connectivity index (χ2n) is 8.94. The van der Waals surface area contributed by atoms with Crippen LogP contribution in [0.2, 0.25) is 0 Å². The number of para-hydroxylation sites is 1. The molecule has 1 aromatic heterocycles. The zero-order chi connectivity index (χ0) is 26.0. The number of carbonyl (C=O) groups is 2. The van der Waals surface area contributed by atoms with E-state index in [0.29, 0.717) is 34.7 Å². The fourth-order valence-corrected chi connectivity index (χ4v) is 5.73. The van der Waals surface area contributed by atoms with Crippen molar-refractivity contribution in [2.45, 2.75) is 15.8 Å². The summed E-state index contributed by atoms with van der Waals surface area (Å²) in [5.41, 5.74) is 2.44. The van der Waals surface area contributed by atoms with E-state index < -0.39 is 15.2 Å². The number of alkyl halides is 3. The van der Waals surface area contributed by atoms with Crippen molar-refractivity contribution in [3.63, 3.8) is 0 Å². The van der Waals surface area contributed by atoms with Crippen molar-refractivity contribution in [2.24, 2.45) is 0 Å². The highest BCUT2D eigenvalue weighted by Gasteiger charge is 2.54. The summed E-state index contributed by atoms with van der Waals surface area (Å²) in [5, 5.41) is 0.871. The molecule has 2 aliphatic rings. The molecule has 1 amide bonds. The van der Waals surface area contributed by atoms with Gasteiger partial charge in [-0.25, -0.2) is 0 Å². The zero-order valence-corrected chi connectivity index (χ0v) is 22.4. The van der Waals surface area contributed by atoms with E-state index in [2.05, 4.69) is 0 Å². The topological polar surface area (TPSA) is 64.0 Å². The Balaban J connectivity index is 1.94. The van der Waals surface area contributed by atoms with Crippen LogP contribution in [0.1, 0.15) is 21.6 Å². The number of rotatable bonds is 4. The van der Waals surface area contributed by atoms with E-state index >= 15 is 0 Å². The Hall–Kier alpha value is -2.87. The summed E-state index contributed by atoms with van der Waals surface area (Å²) in [6, 6.07) is 11.3. The van der Waals surface area contributed by atoms with Gasteiger partial charge in [0.25, 0.3) is 15.6 Å². The molecule has 0 saturated carbocycles. The van der Waals surface area contributed by atoms with Crippen molar-refractivity contribution in [2.75, 3.05) is 39.8 Å². The minimum atomic E-state index is -2.20. The molecule has 2 aromatic carbocycles. The van der Waals surface area contributed by atoms with Crippen LogP contribution in [0.3, 0.4) is 0 Å². The van der Waals surface area contributed by atoms with Gasteiger partial charge < -0.3 is 19.3 Å². The molecule has 36 heavy (non-hydrogen) atoms. The van der Waals surface area contributed by atoms with Crippen molar-refractivity contribution in [3.05, 3.63) is 65.4 Å². The Kier molecular flexibility index (Phi) is 5.93. The molecule has 0 aliphatic carbocycles. The van der Waals surface area contributed by atoms with Crippen molar-refractivity contribution in [1.29, 1.82) is 0 Å². The lowest BCUT2D eigenvalue weighted by Gasteiger charge is -2.48. The molecule has 7 nitrogen and oxygen atoms in total. The molecule has 0 fully saturated rings. The van der Waals surface area contributed by atoms with Crippen LogP contribution in [0.15, 0.2) is 48.6 Å². The Morgan fingerprint density at radius 2 is 1.81 bits per heavy atom. The van der Waals surface area contributed by atoms with Gasteiger partial charge in [0.2, 0.25) is 0 Å². The van der Waals surface area contributed by atoms with E-state index in [4.69, 9.17) is 44.3 Å². The molecule has 2 aliphatic heterocycles. The summed E-state index contributed by atoms with van der Waals surface area (Å²) in [5.74, 6) is 0.126. The van der Waals surface area contributed by atoms with E-state index in [9.17, 15) is 9.59 Å². The van der Waals surface area contributed by atoms with Crippen molar-refractivity contribution >= 4 is 63.2 Å². The van der Waals surface area contributed by atoms with Crippen LogP contribution in [0, 0.1) is 0 Å². The van der Waals surface area contributed by atoms with Gasteiger partial charge >= 0.3 is 0 Å². The molecule has 0 saturated heterocycles. The first-order chi connectivity index (χ1) is 17.1. The number of hydrogen-bond donors (Lipinski definition) is 0.